The Labute approximate surface area is 112 Å². The maximum Gasteiger partial charge on any atom is 0.288 e. The molecular formula is C11H13IN4. The maximum atomic E-state index is 4.25. The molecule has 0 saturated carbocycles. The normalized spacial score (nSPS) is 10.3. The summed E-state index contributed by atoms with van der Waals surface area (Å²) < 4.78 is 3.51. The first-order valence-corrected chi connectivity index (χ1v) is 4.91. The standard InChI is InChI=1S/C11H13N4.HI/c1-2-14-10-15(9-13-14)12-8-11-6-4-3-5-7-11;/h3-10H,2H2,1H3;1H/q+1;/p-1/b12-8+;. The molecule has 0 amide bonds. The molecule has 5 heteroatoms. The Hall–Kier alpha value is -1.24. The molecule has 1 aromatic heterocycles. The molecule has 0 aliphatic heterocycles. The van der Waals surface area contributed by atoms with Crippen LogP contribution in [0.15, 0.2) is 48.1 Å². The molecule has 1 heterocycles. The molecule has 2 aromatic rings. The van der Waals surface area contributed by atoms with Crippen LogP contribution in [0.5, 0.6) is 0 Å². The second kappa shape index (κ2) is 6.37. The van der Waals surface area contributed by atoms with Crippen LogP contribution in [-0.4, -0.2) is 16.0 Å². The lowest BCUT2D eigenvalue weighted by atomic mass is 10.2. The molecule has 0 unspecified atom stereocenters. The second-order valence-corrected chi connectivity index (χ2v) is 3.14. The zero-order valence-corrected chi connectivity index (χ0v) is 11.2. The van der Waals surface area contributed by atoms with E-state index in [0.717, 1.165) is 12.1 Å². The predicted molar refractivity (Wildman–Crippen MR) is 57.5 cm³/mol. The van der Waals surface area contributed by atoms with Crippen molar-refractivity contribution >= 4 is 6.21 Å². The number of nitrogens with zero attached hydrogens (tertiary/aromatic N) is 4. The molecule has 2 rings (SSSR count). The predicted octanol–water partition coefficient (Wildman–Crippen LogP) is -1.92. The molecule has 0 saturated heterocycles. The minimum atomic E-state index is 0. The van der Waals surface area contributed by atoms with Crippen LogP contribution >= 0.6 is 0 Å². The molecule has 16 heavy (non-hydrogen) atoms. The SMILES string of the molecule is CCn1c[n+](/N=C/c2ccccc2)cn1.[I-]. The summed E-state index contributed by atoms with van der Waals surface area (Å²) in [5.74, 6) is 0. The number of halogens is 1. The third kappa shape index (κ3) is 3.41. The van der Waals surface area contributed by atoms with Crippen molar-refractivity contribution in [1.82, 2.24) is 9.78 Å². The highest BCUT2D eigenvalue weighted by atomic mass is 127. The van der Waals surface area contributed by atoms with Gasteiger partial charge in [-0.2, -0.15) is 0 Å². The Morgan fingerprint density at radius 2 is 2.12 bits per heavy atom. The Morgan fingerprint density at radius 3 is 2.75 bits per heavy atom. The smallest absolute Gasteiger partial charge is 0.288 e. The molecule has 84 valence electrons. The fourth-order valence-corrected chi connectivity index (χ4v) is 1.21. The van der Waals surface area contributed by atoms with Crippen molar-refractivity contribution in [2.24, 2.45) is 5.10 Å². The summed E-state index contributed by atoms with van der Waals surface area (Å²) in [6, 6.07) is 9.98. The average molecular weight is 328 g/mol. The molecule has 1 aromatic carbocycles. The van der Waals surface area contributed by atoms with Gasteiger partial charge in [0.25, 0.3) is 6.33 Å². The van der Waals surface area contributed by atoms with E-state index in [0.29, 0.717) is 0 Å². The largest absolute Gasteiger partial charge is 1.00 e. The first kappa shape index (κ1) is 12.8. The number of rotatable bonds is 3. The third-order valence-electron chi connectivity index (χ3n) is 2.03. The van der Waals surface area contributed by atoms with E-state index in [2.05, 4.69) is 10.2 Å². The van der Waals surface area contributed by atoms with Gasteiger partial charge < -0.3 is 24.0 Å². The minimum Gasteiger partial charge on any atom is -1.00 e. The van der Waals surface area contributed by atoms with Gasteiger partial charge in [0.2, 0.25) is 6.33 Å². The number of benzene rings is 1. The first-order chi connectivity index (χ1) is 7.38. The van der Waals surface area contributed by atoms with Crippen LogP contribution in [0, 0.1) is 0 Å². The van der Waals surface area contributed by atoms with Crippen molar-refractivity contribution in [1.29, 1.82) is 0 Å². The third-order valence-corrected chi connectivity index (χ3v) is 2.03. The Bertz CT molecular complexity index is 450. The van der Waals surface area contributed by atoms with Crippen molar-refractivity contribution < 1.29 is 28.7 Å². The number of aromatic nitrogens is 3. The van der Waals surface area contributed by atoms with E-state index in [-0.39, 0.29) is 24.0 Å². The maximum absolute atomic E-state index is 4.25. The molecule has 4 nitrogen and oxygen atoms in total. The topological polar surface area (TPSA) is 34.1 Å². The van der Waals surface area contributed by atoms with E-state index in [1.54, 1.807) is 11.0 Å². The van der Waals surface area contributed by atoms with Crippen LogP contribution in [0.3, 0.4) is 0 Å². The summed E-state index contributed by atoms with van der Waals surface area (Å²) in [5, 5.41) is 8.37. The number of aryl methyl sites for hydroxylation is 1. The second-order valence-electron chi connectivity index (χ2n) is 3.14. The van der Waals surface area contributed by atoms with Crippen LogP contribution in [0.1, 0.15) is 12.5 Å². The van der Waals surface area contributed by atoms with Gasteiger partial charge in [-0.05, 0) is 12.5 Å². The summed E-state index contributed by atoms with van der Waals surface area (Å²) in [7, 11) is 0. The highest BCUT2D eigenvalue weighted by Gasteiger charge is 2.00. The molecule has 0 spiro atoms. The van der Waals surface area contributed by atoms with Gasteiger partial charge in [-0.3, -0.25) is 0 Å². The monoisotopic (exact) mass is 328 g/mol. The molecule has 0 bridgehead atoms. The number of hydrogen-bond acceptors (Lipinski definition) is 2. The fourth-order valence-electron chi connectivity index (χ4n) is 1.21. The summed E-state index contributed by atoms with van der Waals surface area (Å²) >= 11 is 0. The van der Waals surface area contributed by atoms with Crippen LogP contribution < -0.4 is 28.7 Å². The molecule has 0 radical (unpaired) electrons. The van der Waals surface area contributed by atoms with Gasteiger partial charge in [-0.15, -0.1) is 14.5 Å². The zero-order chi connectivity index (χ0) is 10.5. The van der Waals surface area contributed by atoms with Crippen LogP contribution in [0.4, 0.5) is 0 Å². The Kier molecular flexibility index (Phi) is 5.10. The quantitative estimate of drug-likeness (QED) is 0.367. The molecule has 0 aliphatic rings. The van der Waals surface area contributed by atoms with E-state index < -0.39 is 0 Å². The highest BCUT2D eigenvalue weighted by molar-refractivity contribution is 5.78. The Morgan fingerprint density at radius 1 is 1.38 bits per heavy atom. The average Bonchev–Trinajstić information content (AvgIpc) is 2.76. The van der Waals surface area contributed by atoms with Gasteiger partial charge in [-0.25, -0.2) is 0 Å². The molecular weight excluding hydrogens is 315 g/mol. The summed E-state index contributed by atoms with van der Waals surface area (Å²) in [5.41, 5.74) is 1.08. The number of hydrogen-bond donors (Lipinski definition) is 0. The van der Waals surface area contributed by atoms with E-state index in [4.69, 9.17) is 0 Å². The van der Waals surface area contributed by atoms with Gasteiger partial charge in [0.15, 0.2) is 0 Å². The lowest BCUT2D eigenvalue weighted by Gasteiger charge is -1.88. The fraction of sp³-hybridized carbons (Fsp3) is 0.182. The van der Waals surface area contributed by atoms with E-state index in [1.165, 1.54) is 0 Å². The molecule has 0 aliphatic carbocycles. The summed E-state index contributed by atoms with van der Waals surface area (Å²) in [4.78, 5) is 0. The van der Waals surface area contributed by atoms with Gasteiger partial charge >= 0.3 is 0 Å². The van der Waals surface area contributed by atoms with Gasteiger partial charge in [0.1, 0.15) is 6.54 Å². The Balaban J connectivity index is 0.00000128. The van der Waals surface area contributed by atoms with E-state index >= 15 is 0 Å². The minimum absolute atomic E-state index is 0. The summed E-state index contributed by atoms with van der Waals surface area (Å²) in [6.45, 7) is 2.89. The lowest BCUT2D eigenvalue weighted by Crippen LogP contribution is -3.00. The highest BCUT2D eigenvalue weighted by Crippen LogP contribution is 1.92. The molecule has 0 atom stereocenters. The van der Waals surface area contributed by atoms with Gasteiger partial charge in [-0.1, -0.05) is 30.3 Å². The van der Waals surface area contributed by atoms with Crippen LogP contribution in [0.2, 0.25) is 0 Å². The molecule has 0 fully saturated rings. The van der Waals surface area contributed by atoms with E-state index in [9.17, 15) is 0 Å². The van der Waals surface area contributed by atoms with Crippen LogP contribution in [0.25, 0.3) is 0 Å². The first-order valence-electron chi connectivity index (χ1n) is 4.91. The van der Waals surface area contributed by atoms with Crippen LogP contribution in [-0.2, 0) is 6.54 Å². The summed E-state index contributed by atoms with van der Waals surface area (Å²) in [6.07, 6.45) is 5.34. The van der Waals surface area contributed by atoms with E-state index in [1.807, 2.05) is 54.5 Å². The van der Waals surface area contributed by atoms with Gasteiger partial charge in [0, 0.05) is 5.10 Å². The van der Waals surface area contributed by atoms with Crippen molar-refractivity contribution in [3.8, 4) is 0 Å². The van der Waals surface area contributed by atoms with Crippen molar-refractivity contribution in [3.63, 3.8) is 0 Å². The van der Waals surface area contributed by atoms with Crippen molar-refractivity contribution in [2.75, 3.05) is 0 Å². The lowest BCUT2D eigenvalue weighted by molar-refractivity contribution is -0.679. The zero-order valence-electron chi connectivity index (χ0n) is 8.99. The van der Waals surface area contributed by atoms with Crippen molar-refractivity contribution in [2.45, 2.75) is 13.5 Å². The van der Waals surface area contributed by atoms with Gasteiger partial charge in [0.05, 0.1) is 6.21 Å². The van der Waals surface area contributed by atoms with Crippen molar-refractivity contribution in [3.05, 3.63) is 48.5 Å². The molecule has 0 N–H and O–H groups in total.